The van der Waals surface area contributed by atoms with Crippen LogP contribution in [0.4, 0.5) is 10.5 Å². The second-order valence-electron chi connectivity index (χ2n) is 5.19. The average molecular weight is 262 g/mol. The average Bonchev–Trinajstić information content (AvgIpc) is 2.81. The van der Waals surface area contributed by atoms with Gasteiger partial charge in [-0.15, -0.1) is 0 Å². The number of urea groups is 1. The zero-order chi connectivity index (χ0) is 13.8. The molecule has 0 aromatic heterocycles. The first kappa shape index (κ1) is 13.9. The van der Waals surface area contributed by atoms with Crippen LogP contribution < -0.4 is 10.2 Å². The van der Waals surface area contributed by atoms with Crippen molar-refractivity contribution in [1.29, 1.82) is 0 Å². The van der Waals surface area contributed by atoms with Gasteiger partial charge in [0, 0.05) is 24.9 Å². The molecule has 0 fully saturated rings. The van der Waals surface area contributed by atoms with Crippen LogP contribution in [0.25, 0.3) is 0 Å². The Morgan fingerprint density at radius 3 is 3.05 bits per heavy atom. The molecule has 2 rings (SSSR count). The molecule has 104 valence electrons. The molecule has 1 atom stereocenters. The van der Waals surface area contributed by atoms with E-state index in [1.54, 1.807) is 0 Å². The van der Waals surface area contributed by atoms with Gasteiger partial charge >= 0.3 is 6.03 Å². The number of nitrogens with zero attached hydrogens (tertiary/aromatic N) is 1. The molecule has 0 aliphatic carbocycles. The van der Waals surface area contributed by atoms with E-state index in [0.717, 1.165) is 31.5 Å². The Kier molecular flexibility index (Phi) is 4.43. The van der Waals surface area contributed by atoms with Gasteiger partial charge in [-0.1, -0.05) is 12.1 Å². The largest absolute Gasteiger partial charge is 0.396 e. The minimum atomic E-state index is -0.0326. The minimum absolute atomic E-state index is 0.0326. The predicted octanol–water partition coefficient (Wildman–Crippen LogP) is 2.23. The second-order valence-corrected chi connectivity index (χ2v) is 5.19. The highest BCUT2D eigenvalue weighted by Gasteiger charge is 2.25. The number of rotatable bonds is 4. The topological polar surface area (TPSA) is 52.6 Å². The van der Waals surface area contributed by atoms with Crippen molar-refractivity contribution in [1.82, 2.24) is 5.32 Å². The maximum atomic E-state index is 12.2. The van der Waals surface area contributed by atoms with E-state index >= 15 is 0 Å². The molecule has 0 saturated heterocycles. The van der Waals surface area contributed by atoms with Gasteiger partial charge in [0.15, 0.2) is 0 Å². The molecule has 0 saturated carbocycles. The number of aliphatic hydroxyl groups is 1. The first-order chi connectivity index (χ1) is 9.13. The smallest absolute Gasteiger partial charge is 0.322 e. The molecule has 4 nitrogen and oxygen atoms in total. The van der Waals surface area contributed by atoms with Crippen molar-refractivity contribution in [3.63, 3.8) is 0 Å². The van der Waals surface area contributed by atoms with E-state index in [0.29, 0.717) is 0 Å². The van der Waals surface area contributed by atoms with Crippen LogP contribution in [0, 0.1) is 6.92 Å². The summed E-state index contributed by atoms with van der Waals surface area (Å²) in [7, 11) is 0. The van der Waals surface area contributed by atoms with Crippen LogP contribution in [-0.2, 0) is 6.42 Å². The standard InChI is InChI=1S/C15H22N2O2/c1-11-5-3-7-14-13(11)8-9-17(14)15(19)16-12(2)6-4-10-18/h3,5,7,12,18H,4,6,8-10H2,1-2H3,(H,16,19). The minimum Gasteiger partial charge on any atom is -0.396 e. The van der Waals surface area contributed by atoms with Crippen molar-refractivity contribution in [3.05, 3.63) is 29.3 Å². The molecule has 1 aromatic carbocycles. The third kappa shape index (κ3) is 3.07. The summed E-state index contributed by atoms with van der Waals surface area (Å²) in [5.41, 5.74) is 3.56. The highest BCUT2D eigenvalue weighted by molar-refractivity contribution is 5.94. The molecule has 2 amide bonds. The molecule has 19 heavy (non-hydrogen) atoms. The molecule has 1 heterocycles. The number of nitrogens with one attached hydrogen (secondary N) is 1. The summed E-state index contributed by atoms with van der Waals surface area (Å²) in [5.74, 6) is 0. The van der Waals surface area contributed by atoms with E-state index in [-0.39, 0.29) is 18.7 Å². The quantitative estimate of drug-likeness (QED) is 0.874. The molecule has 1 unspecified atom stereocenters. The zero-order valence-corrected chi connectivity index (χ0v) is 11.6. The van der Waals surface area contributed by atoms with Crippen LogP contribution in [0.5, 0.6) is 0 Å². The van der Waals surface area contributed by atoms with E-state index < -0.39 is 0 Å². The first-order valence-electron chi connectivity index (χ1n) is 6.91. The molecular weight excluding hydrogens is 240 g/mol. The summed E-state index contributed by atoms with van der Waals surface area (Å²) < 4.78 is 0. The zero-order valence-electron chi connectivity index (χ0n) is 11.6. The number of carbonyl (C=O) groups is 1. The fourth-order valence-corrected chi connectivity index (χ4v) is 2.58. The van der Waals surface area contributed by atoms with E-state index in [1.807, 2.05) is 24.0 Å². The molecule has 0 spiro atoms. The van der Waals surface area contributed by atoms with Gasteiger partial charge in [-0.05, 0) is 50.3 Å². The van der Waals surface area contributed by atoms with Crippen LogP contribution in [0.1, 0.15) is 30.9 Å². The van der Waals surface area contributed by atoms with E-state index in [2.05, 4.69) is 18.3 Å². The maximum absolute atomic E-state index is 12.2. The number of aryl methyl sites for hydroxylation is 1. The number of fused-ring (bicyclic) bond motifs is 1. The van der Waals surface area contributed by atoms with Crippen molar-refractivity contribution < 1.29 is 9.90 Å². The van der Waals surface area contributed by atoms with Gasteiger partial charge in [-0.2, -0.15) is 0 Å². The van der Waals surface area contributed by atoms with Crippen molar-refractivity contribution in [2.24, 2.45) is 0 Å². The number of aliphatic hydroxyl groups excluding tert-OH is 1. The Morgan fingerprint density at radius 2 is 2.32 bits per heavy atom. The lowest BCUT2D eigenvalue weighted by molar-refractivity contribution is 0.240. The van der Waals surface area contributed by atoms with Crippen LogP contribution >= 0.6 is 0 Å². The van der Waals surface area contributed by atoms with Gasteiger partial charge in [-0.3, -0.25) is 4.90 Å². The van der Waals surface area contributed by atoms with Crippen molar-refractivity contribution in [2.75, 3.05) is 18.1 Å². The Hall–Kier alpha value is -1.55. The fraction of sp³-hybridized carbons (Fsp3) is 0.533. The Morgan fingerprint density at radius 1 is 1.53 bits per heavy atom. The molecule has 0 bridgehead atoms. The number of benzene rings is 1. The third-order valence-electron chi connectivity index (χ3n) is 3.67. The van der Waals surface area contributed by atoms with Gasteiger partial charge in [0.1, 0.15) is 0 Å². The van der Waals surface area contributed by atoms with Crippen LogP contribution in [0.15, 0.2) is 18.2 Å². The SMILES string of the molecule is Cc1cccc2c1CCN2C(=O)NC(C)CCCO. The summed E-state index contributed by atoms with van der Waals surface area (Å²) >= 11 is 0. The maximum Gasteiger partial charge on any atom is 0.322 e. The van der Waals surface area contributed by atoms with Crippen LogP contribution in [0.2, 0.25) is 0 Å². The lowest BCUT2D eigenvalue weighted by atomic mass is 10.1. The number of hydrogen-bond acceptors (Lipinski definition) is 2. The van der Waals surface area contributed by atoms with E-state index in [4.69, 9.17) is 5.11 Å². The Bertz CT molecular complexity index is 459. The number of amides is 2. The summed E-state index contributed by atoms with van der Waals surface area (Å²) in [6.45, 7) is 4.98. The number of carbonyl (C=O) groups excluding carboxylic acids is 1. The van der Waals surface area contributed by atoms with Crippen molar-refractivity contribution in [2.45, 2.75) is 39.2 Å². The highest BCUT2D eigenvalue weighted by Crippen LogP contribution is 2.30. The number of hydrogen-bond donors (Lipinski definition) is 2. The summed E-state index contributed by atoms with van der Waals surface area (Å²) in [6.07, 6.45) is 2.45. The van der Waals surface area contributed by atoms with Gasteiger partial charge in [0.2, 0.25) is 0 Å². The summed E-state index contributed by atoms with van der Waals surface area (Å²) in [4.78, 5) is 14.1. The number of anilines is 1. The highest BCUT2D eigenvalue weighted by atomic mass is 16.3. The second kappa shape index (κ2) is 6.06. The molecule has 1 aliphatic heterocycles. The van der Waals surface area contributed by atoms with Crippen molar-refractivity contribution in [3.8, 4) is 0 Å². The predicted molar refractivity (Wildman–Crippen MR) is 76.5 cm³/mol. The summed E-state index contributed by atoms with van der Waals surface area (Å²) in [6, 6.07) is 6.15. The van der Waals surface area contributed by atoms with Gasteiger partial charge < -0.3 is 10.4 Å². The fourth-order valence-electron chi connectivity index (χ4n) is 2.58. The van der Waals surface area contributed by atoms with Gasteiger partial charge in [0.25, 0.3) is 0 Å². The Labute approximate surface area is 114 Å². The Balaban J connectivity index is 2.01. The first-order valence-corrected chi connectivity index (χ1v) is 6.91. The summed E-state index contributed by atoms with van der Waals surface area (Å²) in [5, 5.41) is 11.8. The molecule has 0 radical (unpaired) electrons. The van der Waals surface area contributed by atoms with E-state index in [1.165, 1.54) is 11.1 Å². The van der Waals surface area contributed by atoms with Gasteiger partial charge in [-0.25, -0.2) is 4.79 Å². The third-order valence-corrected chi connectivity index (χ3v) is 3.67. The van der Waals surface area contributed by atoms with Crippen molar-refractivity contribution >= 4 is 11.7 Å². The molecule has 2 N–H and O–H groups in total. The normalized spacial score (nSPS) is 15.2. The van der Waals surface area contributed by atoms with Crippen LogP contribution in [0.3, 0.4) is 0 Å². The van der Waals surface area contributed by atoms with Crippen LogP contribution in [-0.4, -0.2) is 30.3 Å². The lowest BCUT2D eigenvalue weighted by Crippen LogP contribution is -2.43. The monoisotopic (exact) mass is 262 g/mol. The van der Waals surface area contributed by atoms with E-state index in [9.17, 15) is 4.79 Å². The molecular formula is C15H22N2O2. The lowest BCUT2D eigenvalue weighted by Gasteiger charge is -2.21. The molecule has 1 aromatic rings. The molecule has 1 aliphatic rings. The molecule has 4 heteroatoms. The van der Waals surface area contributed by atoms with Gasteiger partial charge in [0.05, 0.1) is 0 Å².